The summed E-state index contributed by atoms with van der Waals surface area (Å²) in [6.45, 7) is 14.3. The van der Waals surface area contributed by atoms with E-state index in [-0.39, 0.29) is 10.8 Å². The number of nitrogens with zero attached hydrogens (tertiary/aromatic N) is 1. The molecular formula is C21H33NOS. The van der Waals surface area contributed by atoms with E-state index >= 15 is 0 Å². The van der Waals surface area contributed by atoms with Gasteiger partial charge in [-0.05, 0) is 34.8 Å². The first kappa shape index (κ1) is 19.4. The van der Waals surface area contributed by atoms with Gasteiger partial charge in [-0.1, -0.05) is 65.8 Å². The Hall–Kier alpha value is -0.960. The molecule has 0 aliphatic carbocycles. The molecule has 0 radical (unpaired) electrons. The third kappa shape index (κ3) is 5.27. The molecule has 1 aliphatic heterocycles. The van der Waals surface area contributed by atoms with Crippen LogP contribution in [0.25, 0.3) is 0 Å². The summed E-state index contributed by atoms with van der Waals surface area (Å²) in [5.74, 6) is 2.34. The van der Waals surface area contributed by atoms with E-state index in [0.717, 1.165) is 18.7 Å². The molecule has 1 aromatic rings. The normalized spacial score (nSPS) is 19.8. The summed E-state index contributed by atoms with van der Waals surface area (Å²) in [6, 6.07) is 8.84. The SMILES string of the molecule is CC(C)c1ccc([C@H]2SCCN2C(=O)C[C@@H](C)CC(C)(C)C)cc1. The number of carbonyl (C=O) groups excluding carboxylic acids is 1. The fourth-order valence-corrected chi connectivity index (χ4v) is 4.86. The van der Waals surface area contributed by atoms with E-state index in [4.69, 9.17) is 0 Å². The number of hydrogen-bond acceptors (Lipinski definition) is 2. The summed E-state index contributed by atoms with van der Waals surface area (Å²) in [4.78, 5) is 14.9. The van der Waals surface area contributed by atoms with Gasteiger partial charge in [0.15, 0.2) is 0 Å². The van der Waals surface area contributed by atoms with Crippen LogP contribution >= 0.6 is 11.8 Å². The largest absolute Gasteiger partial charge is 0.326 e. The van der Waals surface area contributed by atoms with Gasteiger partial charge in [0.25, 0.3) is 0 Å². The van der Waals surface area contributed by atoms with Gasteiger partial charge in [0, 0.05) is 18.7 Å². The Bertz CT molecular complexity index is 544. The van der Waals surface area contributed by atoms with Crippen molar-refractivity contribution < 1.29 is 4.79 Å². The lowest BCUT2D eigenvalue weighted by atomic mass is 9.84. The number of thioether (sulfide) groups is 1. The molecule has 3 heteroatoms. The van der Waals surface area contributed by atoms with E-state index in [1.54, 1.807) is 0 Å². The van der Waals surface area contributed by atoms with Crippen LogP contribution in [0.3, 0.4) is 0 Å². The monoisotopic (exact) mass is 347 g/mol. The van der Waals surface area contributed by atoms with Gasteiger partial charge in [-0.3, -0.25) is 4.79 Å². The Kier molecular flexibility index (Phi) is 6.41. The third-order valence-electron chi connectivity index (χ3n) is 4.58. The molecule has 2 rings (SSSR count). The number of rotatable bonds is 5. The van der Waals surface area contributed by atoms with Crippen LogP contribution in [0.4, 0.5) is 0 Å². The van der Waals surface area contributed by atoms with Crippen molar-refractivity contribution in [2.75, 3.05) is 12.3 Å². The van der Waals surface area contributed by atoms with Crippen LogP contribution in [0.5, 0.6) is 0 Å². The minimum Gasteiger partial charge on any atom is -0.326 e. The predicted octanol–water partition coefficient (Wildman–Crippen LogP) is 5.85. The zero-order valence-electron chi connectivity index (χ0n) is 16.1. The molecule has 0 unspecified atom stereocenters. The Morgan fingerprint density at radius 1 is 1.21 bits per heavy atom. The highest BCUT2D eigenvalue weighted by Gasteiger charge is 2.31. The molecule has 2 atom stereocenters. The van der Waals surface area contributed by atoms with Crippen molar-refractivity contribution in [2.45, 2.75) is 65.7 Å². The van der Waals surface area contributed by atoms with Crippen LogP contribution in [-0.2, 0) is 4.79 Å². The van der Waals surface area contributed by atoms with Crippen molar-refractivity contribution in [2.24, 2.45) is 11.3 Å². The second-order valence-corrected chi connectivity index (χ2v) is 9.89. The average molecular weight is 348 g/mol. The van der Waals surface area contributed by atoms with Crippen molar-refractivity contribution in [3.8, 4) is 0 Å². The van der Waals surface area contributed by atoms with Crippen LogP contribution < -0.4 is 0 Å². The van der Waals surface area contributed by atoms with E-state index < -0.39 is 0 Å². The van der Waals surface area contributed by atoms with Crippen molar-refractivity contribution in [3.63, 3.8) is 0 Å². The van der Waals surface area contributed by atoms with Crippen molar-refractivity contribution >= 4 is 17.7 Å². The summed E-state index contributed by atoms with van der Waals surface area (Å²) in [6.07, 6.45) is 1.76. The minimum absolute atomic E-state index is 0.195. The molecule has 1 heterocycles. The maximum Gasteiger partial charge on any atom is 0.224 e. The molecule has 0 saturated carbocycles. The van der Waals surface area contributed by atoms with Gasteiger partial charge in [-0.25, -0.2) is 0 Å². The van der Waals surface area contributed by atoms with Crippen molar-refractivity contribution in [3.05, 3.63) is 35.4 Å². The topological polar surface area (TPSA) is 20.3 Å². The van der Waals surface area contributed by atoms with Crippen LogP contribution in [-0.4, -0.2) is 23.1 Å². The van der Waals surface area contributed by atoms with E-state index in [1.165, 1.54) is 11.1 Å². The Balaban J connectivity index is 2.03. The molecule has 0 aromatic heterocycles. The van der Waals surface area contributed by atoms with Gasteiger partial charge < -0.3 is 4.90 Å². The van der Waals surface area contributed by atoms with Gasteiger partial charge in [-0.2, -0.15) is 0 Å². The second-order valence-electron chi connectivity index (χ2n) is 8.71. The van der Waals surface area contributed by atoms with Gasteiger partial charge >= 0.3 is 0 Å². The molecule has 0 N–H and O–H groups in total. The third-order valence-corrected chi connectivity index (χ3v) is 5.84. The molecule has 1 aliphatic rings. The summed E-state index contributed by atoms with van der Waals surface area (Å²) in [5, 5.41) is 0.195. The molecule has 0 bridgehead atoms. The molecule has 1 aromatic carbocycles. The summed E-state index contributed by atoms with van der Waals surface area (Å²) in [5.41, 5.74) is 2.91. The lowest BCUT2D eigenvalue weighted by molar-refractivity contribution is -0.132. The lowest BCUT2D eigenvalue weighted by Gasteiger charge is -2.28. The Labute approximate surface area is 152 Å². The van der Waals surface area contributed by atoms with Crippen LogP contribution in [0, 0.1) is 11.3 Å². The zero-order chi connectivity index (χ0) is 17.9. The average Bonchev–Trinajstić information content (AvgIpc) is 2.94. The molecule has 134 valence electrons. The predicted molar refractivity (Wildman–Crippen MR) is 105 cm³/mol. The van der Waals surface area contributed by atoms with Crippen molar-refractivity contribution in [1.29, 1.82) is 0 Å². The Morgan fingerprint density at radius 3 is 2.38 bits per heavy atom. The first-order valence-electron chi connectivity index (χ1n) is 9.18. The summed E-state index contributed by atoms with van der Waals surface area (Å²) in [7, 11) is 0. The van der Waals surface area contributed by atoms with Gasteiger partial charge in [0.05, 0.1) is 0 Å². The van der Waals surface area contributed by atoms with Gasteiger partial charge in [-0.15, -0.1) is 11.8 Å². The summed E-state index contributed by atoms with van der Waals surface area (Å²) < 4.78 is 0. The first-order valence-corrected chi connectivity index (χ1v) is 10.2. The van der Waals surface area contributed by atoms with Gasteiger partial charge in [0.2, 0.25) is 5.91 Å². The Morgan fingerprint density at radius 2 is 1.83 bits per heavy atom. The smallest absolute Gasteiger partial charge is 0.224 e. The maximum atomic E-state index is 12.8. The van der Waals surface area contributed by atoms with Gasteiger partial charge in [0.1, 0.15) is 5.37 Å². The fourth-order valence-electron chi connectivity index (χ4n) is 3.58. The standard InChI is InChI=1S/C21H33NOS/c1-15(2)17-7-9-18(10-8-17)20-22(11-12-24-20)19(23)13-16(3)14-21(4,5)6/h7-10,15-16,20H,11-14H2,1-6H3/t16-,20-/m1/s1. The van der Waals surface area contributed by atoms with E-state index in [0.29, 0.717) is 24.2 Å². The van der Waals surface area contributed by atoms with Crippen LogP contribution in [0.2, 0.25) is 0 Å². The highest BCUT2D eigenvalue weighted by atomic mass is 32.2. The second kappa shape index (κ2) is 7.95. The quantitative estimate of drug-likeness (QED) is 0.666. The van der Waals surface area contributed by atoms with E-state index in [9.17, 15) is 4.79 Å². The lowest BCUT2D eigenvalue weighted by Crippen LogP contribution is -2.32. The van der Waals surface area contributed by atoms with Crippen LogP contribution in [0.1, 0.15) is 76.8 Å². The highest BCUT2D eigenvalue weighted by molar-refractivity contribution is 7.99. The molecular weight excluding hydrogens is 314 g/mol. The molecule has 0 spiro atoms. The number of hydrogen-bond donors (Lipinski definition) is 0. The van der Waals surface area contributed by atoms with E-state index in [2.05, 4.69) is 70.7 Å². The maximum absolute atomic E-state index is 12.8. The number of benzene rings is 1. The summed E-state index contributed by atoms with van der Waals surface area (Å²) >= 11 is 1.89. The molecule has 1 fully saturated rings. The molecule has 24 heavy (non-hydrogen) atoms. The number of carbonyl (C=O) groups is 1. The fraction of sp³-hybridized carbons (Fsp3) is 0.667. The minimum atomic E-state index is 0.195. The molecule has 1 saturated heterocycles. The van der Waals surface area contributed by atoms with Crippen LogP contribution in [0.15, 0.2) is 24.3 Å². The highest BCUT2D eigenvalue weighted by Crippen LogP contribution is 2.39. The molecule has 2 nitrogen and oxygen atoms in total. The zero-order valence-corrected chi connectivity index (χ0v) is 17.0. The number of amides is 1. The van der Waals surface area contributed by atoms with Crippen molar-refractivity contribution in [1.82, 2.24) is 4.90 Å². The van der Waals surface area contributed by atoms with E-state index in [1.807, 2.05) is 11.8 Å². The first-order chi connectivity index (χ1) is 11.2. The molecule has 1 amide bonds.